The summed E-state index contributed by atoms with van der Waals surface area (Å²) in [6, 6.07) is 25.7. The van der Waals surface area contributed by atoms with Crippen molar-refractivity contribution in [3.05, 3.63) is 106 Å². The number of nitrogen functional groups attached to an aromatic ring is 1. The van der Waals surface area contributed by atoms with E-state index in [9.17, 15) is 0 Å². The fraction of sp³-hybridized carbons (Fsp3) is 0.259. The number of rotatable bonds is 8. The first-order chi connectivity index (χ1) is 15.2. The van der Waals surface area contributed by atoms with Gasteiger partial charge in [-0.15, -0.1) is 0 Å². The molecule has 0 bridgehead atoms. The molecule has 0 aromatic heterocycles. The van der Waals surface area contributed by atoms with Gasteiger partial charge in [0.05, 0.1) is 0 Å². The van der Waals surface area contributed by atoms with Gasteiger partial charge >= 0.3 is 0 Å². The van der Waals surface area contributed by atoms with E-state index in [1.54, 1.807) is 0 Å². The molecule has 4 nitrogen and oxygen atoms in total. The van der Waals surface area contributed by atoms with Crippen molar-refractivity contribution in [2.75, 3.05) is 13.1 Å². The van der Waals surface area contributed by atoms with Crippen molar-refractivity contribution in [3.8, 4) is 0 Å². The molecule has 158 valence electrons. The maximum atomic E-state index is 7.49. The first kappa shape index (κ1) is 20.9. The molecule has 3 aromatic rings. The Labute approximate surface area is 184 Å². The van der Waals surface area contributed by atoms with Crippen LogP contribution in [0.15, 0.2) is 77.8 Å². The highest BCUT2D eigenvalue weighted by Gasteiger charge is 2.07. The number of nitrogens with two attached hydrogens (primary N) is 1. The second-order valence-corrected chi connectivity index (χ2v) is 8.14. The topological polar surface area (TPSA) is 74.3 Å². The summed E-state index contributed by atoms with van der Waals surface area (Å²) in [5.41, 5.74) is 12.9. The molecule has 4 rings (SSSR count). The van der Waals surface area contributed by atoms with Gasteiger partial charge in [0.1, 0.15) is 11.7 Å². The van der Waals surface area contributed by atoms with E-state index in [2.05, 4.69) is 71.0 Å². The second kappa shape index (κ2) is 10.1. The monoisotopic (exact) mass is 410 g/mol. The third kappa shape index (κ3) is 5.82. The molecule has 0 saturated heterocycles. The van der Waals surface area contributed by atoms with Gasteiger partial charge in [-0.3, -0.25) is 10.4 Å². The van der Waals surface area contributed by atoms with E-state index in [4.69, 9.17) is 11.1 Å². The molecule has 0 saturated carbocycles. The Balaban J connectivity index is 1.31. The molecule has 1 aliphatic rings. The average Bonchev–Trinajstić information content (AvgIpc) is 2.83. The summed E-state index contributed by atoms with van der Waals surface area (Å²) in [6.45, 7) is 1.94. The number of aryl methyl sites for hydroxylation is 4. The van der Waals surface area contributed by atoms with Crippen molar-refractivity contribution in [3.63, 3.8) is 0 Å². The van der Waals surface area contributed by atoms with E-state index in [0.717, 1.165) is 56.6 Å². The minimum absolute atomic E-state index is 0.119. The van der Waals surface area contributed by atoms with Gasteiger partial charge in [0, 0.05) is 24.2 Å². The largest absolute Gasteiger partial charge is 0.384 e. The highest BCUT2D eigenvalue weighted by molar-refractivity contribution is 5.99. The first-order valence-electron chi connectivity index (χ1n) is 11.1. The molecule has 0 radical (unpaired) electrons. The molecule has 4 heteroatoms. The van der Waals surface area contributed by atoms with Crippen molar-refractivity contribution in [1.82, 2.24) is 5.32 Å². The van der Waals surface area contributed by atoms with E-state index >= 15 is 0 Å². The summed E-state index contributed by atoms with van der Waals surface area (Å²) in [5.74, 6) is 1.15. The second-order valence-electron chi connectivity index (χ2n) is 8.14. The van der Waals surface area contributed by atoms with Crippen LogP contribution in [-0.2, 0) is 25.7 Å². The summed E-state index contributed by atoms with van der Waals surface area (Å²) in [7, 11) is 0. The lowest BCUT2D eigenvalue weighted by atomic mass is 9.98. The van der Waals surface area contributed by atoms with Gasteiger partial charge in [-0.2, -0.15) is 0 Å². The summed E-state index contributed by atoms with van der Waals surface area (Å²) < 4.78 is 0. The molecule has 0 aliphatic carbocycles. The van der Waals surface area contributed by atoms with Crippen LogP contribution in [0, 0.1) is 5.41 Å². The van der Waals surface area contributed by atoms with E-state index in [1.165, 1.54) is 27.8 Å². The van der Waals surface area contributed by atoms with Crippen molar-refractivity contribution in [2.24, 2.45) is 10.7 Å². The Morgan fingerprint density at radius 3 is 1.94 bits per heavy atom. The minimum atomic E-state index is 0.119. The molecule has 1 aliphatic heterocycles. The SMILES string of the molecule is N=C(N)c1ccc(CCc2cccc(CCc3ccc(C4=NCCCN4)cc3)c2)cc1. The Bertz CT molecular complexity index is 1050. The lowest BCUT2D eigenvalue weighted by Crippen LogP contribution is -2.30. The molecule has 0 fully saturated rings. The normalized spacial score (nSPS) is 13.4. The summed E-state index contributed by atoms with van der Waals surface area (Å²) in [4.78, 5) is 4.57. The molecule has 1 heterocycles. The molecule has 31 heavy (non-hydrogen) atoms. The zero-order chi connectivity index (χ0) is 21.5. The minimum Gasteiger partial charge on any atom is -0.384 e. The molecule has 0 amide bonds. The van der Waals surface area contributed by atoms with Crippen LogP contribution < -0.4 is 11.1 Å². The quantitative estimate of drug-likeness (QED) is 0.383. The maximum Gasteiger partial charge on any atom is 0.128 e. The van der Waals surface area contributed by atoms with E-state index < -0.39 is 0 Å². The number of aliphatic imine (C=N–C) groups is 1. The number of hydrogen-bond acceptors (Lipinski definition) is 3. The van der Waals surface area contributed by atoms with Crippen LogP contribution >= 0.6 is 0 Å². The Hall–Kier alpha value is -3.40. The van der Waals surface area contributed by atoms with Gasteiger partial charge in [0.2, 0.25) is 0 Å². The van der Waals surface area contributed by atoms with Gasteiger partial charge in [-0.25, -0.2) is 0 Å². The van der Waals surface area contributed by atoms with Gasteiger partial charge < -0.3 is 11.1 Å². The molecule has 4 N–H and O–H groups in total. The van der Waals surface area contributed by atoms with E-state index in [1.807, 2.05) is 12.1 Å². The predicted octanol–water partition coefficient (Wildman–Crippen LogP) is 4.28. The number of nitrogens with one attached hydrogen (secondary N) is 2. The molecular formula is C27H30N4. The number of benzene rings is 3. The van der Waals surface area contributed by atoms with Gasteiger partial charge in [-0.05, 0) is 54.4 Å². The summed E-state index contributed by atoms with van der Waals surface area (Å²) >= 11 is 0. The summed E-state index contributed by atoms with van der Waals surface area (Å²) in [5, 5.41) is 10.9. The predicted molar refractivity (Wildman–Crippen MR) is 129 cm³/mol. The average molecular weight is 411 g/mol. The zero-order valence-corrected chi connectivity index (χ0v) is 17.9. The molecule has 3 aromatic carbocycles. The zero-order valence-electron chi connectivity index (χ0n) is 17.9. The smallest absolute Gasteiger partial charge is 0.128 e. The first-order valence-corrected chi connectivity index (χ1v) is 11.1. The number of amidine groups is 2. The van der Waals surface area contributed by atoms with E-state index in [0.29, 0.717) is 0 Å². The fourth-order valence-electron chi connectivity index (χ4n) is 3.92. The van der Waals surface area contributed by atoms with Crippen LogP contribution in [0.25, 0.3) is 0 Å². The van der Waals surface area contributed by atoms with Crippen LogP contribution in [0.3, 0.4) is 0 Å². The highest BCUT2D eigenvalue weighted by Crippen LogP contribution is 2.14. The lowest BCUT2D eigenvalue weighted by Gasteiger charge is -2.14. The maximum absolute atomic E-state index is 7.49. The van der Waals surface area contributed by atoms with Crippen LogP contribution in [-0.4, -0.2) is 24.8 Å². The van der Waals surface area contributed by atoms with Gasteiger partial charge in [0.25, 0.3) is 0 Å². The van der Waals surface area contributed by atoms with Crippen molar-refractivity contribution < 1.29 is 0 Å². The fourth-order valence-corrected chi connectivity index (χ4v) is 3.92. The molecular weight excluding hydrogens is 380 g/mol. The van der Waals surface area contributed by atoms with Gasteiger partial charge in [0.15, 0.2) is 0 Å². The highest BCUT2D eigenvalue weighted by atomic mass is 15.0. The van der Waals surface area contributed by atoms with Crippen LogP contribution in [0.1, 0.15) is 39.8 Å². The Morgan fingerprint density at radius 2 is 1.39 bits per heavy atom. The molecule has 0 unspecified atom stereocenters. The Morgan fingerprint density at radius 1 is 0.806 bits per heavy atom. The van der Waals surface area contributed by atoms with Crippen molar-refractivity contribution in [2.45, 2.75) is 32.1 Å². The lowest BCUT2D eigenvalue weighted by molar-refractivity contribution is 0.742. The van der Waals surface area contributed by atoms with Crippen molar-refractivity contribution >= 4 is 11.7 Å². The number of nitrogens with zero attached hydrogens (tertiary/aromatic N) is 1. The molecule has 0 spiro atoms. The van der Waals surface area contributed by atoms with Crippen LogP contribution in [0.5, 0.6) is 0 Å². The summed E-state index contributed by atoms with van der Waals surface area (Å²) in [6.07, 6.45) is 5.20. The van der Waals surface area contributed by atoms with Gasteiger partial charge in [-0.1, -0.05) is 72.8 Å². The third-order valence-electron chi connectivity index (χ3n) is 5.79. The number of hydrogen-bond donors (Lipinski definition) is 3. The Kier molecular flexibility index (Phi) is 6.78. The van der Waals surface area contributed by atoms with Crippen LogP contribution in [0.2, 0.25) is 0 Å². The molecule has 0 atom stereocenters. The standard InChI is InChI=1S/C27H30N4/c28-26(29)24-13-9-20(10-14-24)5-7-22-3-1-4-23(19-22)8-6-21-11-15-25(16-12-21)27-30-17-2-18-31-27/h1,3-4,9-16,19H,2,5-8,17-18H2,(H3,28,29)(H,30,31). The van der Waals surface area contributed by atoms with E-state index in [-0.39, 0.29) is 5.84 Å². The van der Waals surface area contributed by atoms with Crippen molar-refractivity contribution in [1.29, 1.82) is 5.41 Å². The third-order valence-corrected chi connectivity index (χ3v) is 5.79. The van der Waals surface area contributed by atoms with Crippen LogP contribution in [0.4, 0.5) is 0 Å².